The summed E-state index contributed by atoms with van der Waals surface area (Å²) in [5.41, 5.74) is 1.18. The summed E-state index contributed by atoms with van der Waals surface area (Å²) < 4.78 is 1.86. The number of nitrogens with zero attached hydrogens (tertiary/aromatic N) is 2. The Morgan fingerprint density at radius 2 is 2.60 bits per heavy atom. The molecule has 2 nitrogen and oxygen atoms in total. The van der Waals surface area contributed by atoms with Gasteiger partial charge in [0.2, 0.25) is 0 Å². The normalized spacial score (nSPS) is 9.20. The van der Waals surface area contributed by atoms with E-state index in [2.05, 4.69) is 11.0 Å². The molecule has 0 radical (unpaired) electrons. The maximum absolute atomic E-state index is 5.09. The summed E-state index contributed by atoms with van der Waals surface area (Å²) in [6.07, 6.45) is 9.66. The van der Waals surface area contributed by atoms with Gasteiger partial charge in [-0.1, -0.05) is 0 Å². The first kappa shape index (κ1) is 6.88. The van der Waals surface area contributed by atoms with Crippen LogP contribution in [0.3, 0.4) is 0 Å². The van der Waals surface area contributed by atoms with Gasteiger partial charge < -0.3 is 0 Å². The Bertz CT molecular complexity index is 242. The molecule has 52 valence electrons. The Hall–Kier alpha value is -1.23. The molecular formula is C8H10N2. The Balaban J connectivity index is 2.52. The number of aryl methyl sites for hydroxylation is 2. The fourth-order valence-corrected chi connectivity index (χ4v) is 0.768. The lowest BCUT2D eigenvalue weighted by Crippen LogP contribution is -1.96. The second-order valence-electron chi connectivity index (χ2n) is 2.23. The minimum atomic E-state index is 0.751. The van der Waals surface area contributed by atoms with Crippen LogP contribution in [0, 0.1) is 19.3 Å². The second-order valence-corrected chi connectivity index (χ2v) is 2.23. The highest BCUT2D eigenvalue weighted by molar-refractivity contribution is 4.99. The Kier molecular flexibility index (Phi) is 2.11. The van der Waals surface area contributed by atoms with Gasteiger partial charge in [0.15, 0.2) is 0 Å². The molecule has 1 rings (SSSR count). The summed E-state index contributed by atoms with van der Waals surface area (Å²) in [5.74, 6) is 2.56. The van der Waals surface area contributed by atoms with E-state index in [1.54, 1.807) is 0 Å². The molecule has 0 aliphatic heterocycles. The molecule has 0 atom stereocenters. The number of terminal acetylenes is 1. The van der Waals surface area contributed by atoms with Crippen LogP contribution >= 0.6 is 0 Å². The van der Waals surface area contributed by atoms with E-state index >= 15 is 0 Å². The van der Waals surface area contributed by atoms with E-state index in [0.29, 0.717) is 0 Å². The van der Waals surface area contributed by atoms with E-state index < -0.39 is 0 Å². The van der Waals surface area contributed by atoms with Crippen LogP contribution < -0.4 is 0 Å². The van der Waals surface area contributed by atoms with Crippen molar-refractivity contribution >= 4 is 0 Å². The summed E-state index contributed by atoms with van der Waals surface area (Å²) in [6, 6.07) is 0. The van der Waals surface area contributed by atoms with Crippen molar-refractivity contribution < 1.29 is 0 Å². The zero-order valence-electron chi connectivity index (χ0n) is 6.04. The standard InChI is InChI=1S/C8H10N2/c1-3-4-5-10-7-8(2)6-9-10/h1,6-7H,4-5H2,2H3. The maximum atomic E-state index is 5.09. The minimum Gasteiger partial charge on any atom is -0.272 e. The highest BCUT2D eigenvalue weighted by Crippen LogP contribution is 1.94. The van der Waals surface area contributed by atoms with E-state index in [4.69, 9.17) is 6.42 Å². The topological polar surface area (TPSA) is 17.8 Å². The Morgan fingerprint density at radius 1 is 1.80 bits per heavy atom. The third-order valence-electron chi connectivity index (χ3n) is 1.25. The van der Waals surface area contributed by atoms with Crippen LogP contribution in [0.5, 0.6) is 0 Å². The van der Waals surface area contributed by atoms with Gasteiger partial charge in [0, 0.05) is 12.6 Å². The van der Waals surface area contributed by atoms with Gasteiger partial charge in [-0.3, -0.25) is 4.68 Å². The van der Waals surface area contributed by atoms with Crippen LogP contribution in [0.2, 0.25) is 0 Å². The van der Waals surface area contributed by atoms with Crippen molar-refractivity contribution in [1.29, 1.82) is 0 Å². The highest BCUT2D eigenvalue weighted by atomic mass is 15.3. The molecule has 1 heterocycles. The fraction of sp³-hybridized carbons (Fsp3) is 0.375. The average molecular weight is 134 g/mol. The van der Waals surface area contributed by atoms with Crippen LogP contribution in [-0.2, 0) is 6.54 Å². The molecule has 0 amide bonds. The number of hydrogen-bond donors (Lipinski definition) is 0. The summed E-state index contributed by atoms with van der Waals surface area (Å²) in [4.78, 5) is 0. The molecule has 0 saturated carbocycles. The maximum Gasteiger partial charge on any atom is 0.0518 e. The summed E-state index contributed by atoms with van der Waals surface area (Å²) in [5, 5.41) is 4.07. The molecule has 0 saturated heterocycles. The van der Waals surface area contributed by atoms with E-state index in [1.165, 1.54) is 5.56 Å². The lowest BCUT2D eigenvalue weighted by Gasteiger charge is -1.93. The minimum absolute atomic E-state index is 0.751. The molecule has 2 heteroatoms. The number of hydrogen-bond acceptors (Lipinski definition) is 1. The van der Waals surface area contributed by atoms with Gasteiger partial charge in [0.25, 0.3) is 0 Å². The molecule has 0 bridgehead atoms. The summed E-state index contributed by atoms with van der Waals surface area (Å²) in [6.45, 7) is 2.84. The van der Waals surface area contributed by atoms with Crippen molar-refractivity contribution in [3.63, 3.8) is 0 Å². The largest absolute Gasteiger partial charge is 0.272 e. The summed E-state index contributed by atoms with van der Waals surface area (Å²) in [7, 11) is 0. The first-order chi connectivity index (χ1) is 4.83. The molecule has 0 fully saturated rings. The predicted molar refractivity (Wildman–Crippen MR) is 40.4 cm³/mol. The van der Waals surface area contributed by atoms with E-state index in [0.717, 1.165) is 13.0 Å². The van der Waals surface area contributed by atoms with Crippen molar-refractivity contribution in [3.05, 3.63) is 18.0 Å². The highest BCUT2D eigenvalue weighted by Gasteiger charge is 1.89. The molecule has 0 unspecified atom stereocenters. The van der Waals surface area contributed by atoms with Crippen molar-refractivity contribution in [2.45, 2.75) is 19.9 Å². The zero-order chi connectivity index (χ0) is 7.40. The first-order valence-electron chi connectivity index (χ1n) is 3.25. The first-order valence-corrected chi connectivity index (χ1v) is 3.25. The van der Waals surface area contributed by atoms with Gasteiger partial charge >= 0.3 is 0 Å². The Morgan fingerprint density at radius 3 is 3.10 bits per heavy atom. The second kappa shape index (κ2) is 3.07. The molecule has 0 N–H and O–H groups in total. The SMILES string of the molecule is C#CCCn1cc(C)cn1. The molecule has 1 aromatic rings. The van der Waals surface area contributed by atoms with Gasteiger partial charge in [-0.25, -0.2) is 0 Å². The quantitative estimate of drug-likeness (QED) is 0.556. The van der Waals surface area contributed by atoms with Crippen LogP contribution in [-0.4, -0.2) is 9.78 Å². The molecule has 0 aromatic carbocycles. The number of aromatic nitrogens is 2. The third-order valence-corrected chi connectivity index (χ3v) is 1.25. The predicted octanol–water partition coefficient (Wildman–Crippen LogP) is 1.21. The van der Waals surface area contributed by atoms with Gasteiger partial charge in [-0.2, -0.15) is 5.10 Å². The van der Waals surface area contributed by atoms with Crippen molar-refractivity contribution in [1.82, 2.24) is 9.78 Å². The molecule has 0 aliphatic rings. The Labute approximate surface area is 60.9 Å². The van der Waals surface area contributed by atoms with Crippen molar-refractivity contribution in [2.24, 2.45) is 0 Å². The fourth-order valence-electron chi connectivity index (χ4n) is 0.768. The van der Waals surface area contributed by atoms with Gasteiger partial charge in [-0.15, -0.1) is 12.3 Å². The van der Waals surface area contributed by atoms with E-state index in [9.17, 15) is 0 Å². The summed E-state index contributed by atoms with van der Waals surface area (Å²) >= 11 is 0. The van der Waals surface area contributed by atoms with Gasteiger partial charge in [0.05, 0.1) is 12.7 Å². The van der Waals surface area contributed by atoms with Crippen molar-refractivity contribution in [3.8, 4) is 12.3 Å². The monoisotopic (exact) mass is 134 g/mol. The molecular weight excluding hydrogens is 124 g/mol. The van der Waals surface area contributed by atoms with Gasteiger partial charge in [-0.05, 0) is 12.5 Å². The van der Waals surface area contributed by atoms with Crippen molar-refractivity contribution in [2.75, 3.05) is 0 Å². The lowest BCUT2D eigenvalue weighted by atomic mass is 10.4. The molecule has 0 spiro atoms. The van der Waals surface area contributed by atoms with Crippen LogP contribution in [0.25, 0.3) is 0 Å². The van der Waals surface area contributed by atoms with Crippen LogP contribution in [0.4, 0.5) is 0 Å². The van der Waals surface area contributed by atoms with Crippen LogP contribution in [0.15, 0.2) is 12.4 Å². The number of rotatable bonds is 2. The zero-order valence-corrected chi connectivity index (χ0v) is 6.04. The van der Waals surface area contributed by atoms with Gasteiger partial charge in [0.1, 0.15) is 0 Å². The smallest absolute Gasteiger partial charge is 0.0518 e. The third kappa shape index (κ3) is 1.63. The van der Waals surface area contributed by atoms with E-state index in [-0.39, 0.29) is 0 Å². The average Bonchev–Trinajstić information content (AvgIpc) is 2.31. The van der Waals surface area contributed by atoms with E-state index in [1.807, 2.05) is 24.0 Å². The molecule has 0 aliphatic carbocycles. The van der Waals surface area contributed by atoms with Crippen LogP contribution in [0.1, 0.15) is 12.0 Å². The lowest BCUT2D eigenvalue weighted by molar-refractivity contribution is 0.630. The molecule has 10 heavy (non-hydrogen) atoms. The molecule has 1 aromatic heterocycles.